The van der Waals surface area contributed by atoms with Crippen LogP contribution in [0.3, 0.4) is 0 Å². The van der Waals surface area contributed by atoms with E-state index in [-0.39, 0.29) is 0 Å². The van der Waals surface area contributed by atoms with Crippen LogP contribution in [0.4, 0.5) is 0 Å². The van der Waals surface area contributed by atoms with Crippen LogP contribution in [0.5, 0.6) is 5.75 Å². The van der Waals surface area contributed by atoms with Crippen molar-refractivity contribution in [2.45, 2.75) is 50.8 Å². The maximum absolute atomic E-state index is 9.89. The maximum atomic E-state index is 9.89. The van der Waals surface area contributed by atoms with Gasteiger partial charge in [-0.15, -0.1) is 0 Å². The second-order valence-corrected chi connectivity index (χ2v) is 6.33. The summed E-state index contributed by atoms with van der Waals surface area (Å²) in [7, 11) is 0. The van der Waals surface area contributed by atoms with Gasteiger partial charge in [-0.05, 0) is 44.4 Å². The summed E-state index contributed by atoms with van der Waals surface area (Å²) in [4.78, 5) is 2.55. The molecule has 1 heterocycles. The normalized spacial score (nSPS) is 26.9. The predicted octanol–water partition coefficient (Wildman–Crippen LogP) is 2.53. The zero-order valence-electron chi connectivity index (χ0n) is 11.8. The quantitative estimate of drug-likeness (QED) is 0.827. The summed E-state index contributed by atoms with van der Waals surface area (Å²) < 4.78 is 5.82. The summed E-state index contributed by atoms with van der Waals surface area (Å²) >= 11 is 0. The van der Waals surface area contributed by atoms with Gasteiger partial charge in [0.1, 0.15) is 12.4 Å². The third-order valence-electron chi connectivity index (χ3n) is 4.30. The molecule has 0 aromatic heterocycles. The summed E-state index contributed by atoms with van der Waals surface area (Å²) in [6.45, 7) is 5.58. The number of hydrogen-bond donors (Lipinski definition) is 1. The van der Waals surface area contributed by atoms with Gasteiger partial charge in [-0.2, -0.15) is 0 Å². The molecule has 104 valence electrons. The molecule has 3 nitrogen and oxygen atoms in total. The van der Waals surface area contributed by atoms with E-state index in [4.69, 9.17) is 4.74 Å². The predicted molar refractivity (Wildman–Crippen MR) is 75.3 cm³/mol. The Morgan fingerprint density at radius 3 is 2.47 bits per heavy atom. The molecule has 2 aliphatic rings. The summed E-state index contributed by atoms with van der Waals surface area (Å²) in [6, 6.07) is 9.23. The van der Waals surface area contributed by atoms with E-state index in [9.17, 15) is 5.11 Å². The number of benzene rings is 1. The lowest BCUT2D eigenvalue weighted by molar-refractivity contribution is 0.0785. The number of rotatable bonds is 5. The fraction of sp³-hybridized carbons (Fsp3) is 0.625. The van der Waals surface area contributed by atoms with Gasteiger partial charge in [0.2, 0.25) is 0 Å². The summed E-state index contributed by atoms with van der Waals surface area (Å²) in [5.41, 5.74) is 0.137. The monoisotopic (exact) mass is 261 g/mol. The zero-order valence-corrected chi connectivity index (χ0v) is 11.8. The molecule has 0 radical (unpaired) electrons. The maximum Gasteiger partial charge on any atom is 0.119 e. The van der Waals surface area contributed by atoms with E-state index in [1.54, 1.807) is 13.8 Å². The Bertz CT molecular complexity index is 431. The molecule has 3 heteroatoms. The van der Waals surface area contributed by atoms with Crippen LogP contribution < -0.4 is 4.74 Å². The van der Waals surface area contributed by atoms with Gasteiger partial charge < -0.3 is 9.84 Å². The molecular formula is C16H23NO2. The number of aliphatic hydroxyl groups is 1. The minimum absolute atomic E-state index is 0.624. The van der Waals surface area contributed by atoms with E-state index in [0.29, 0.717) is 6.04 Å². The average Bonchev–Trinajstić information content (AvgIpc) is 3.03. The van der Waals surface area contributed by atoms with Crippen molar-refractivity contribution >= 4 is 0 Å². The smallest absolute Gasteiger partial charge is 0.119 e. The van der Waals surface area contributed by atoms with Crippen LogP contribution in [0, 0.1) is 0 Å². The third-order valence-corrected chi connectivity index (χ3v) is 4.30. The molecule has 2 unspecified atom stereocenters. The first-order valence-electron chi connectivity index (χ1n) is 7.25. The van der Waals surface area contributed by atoms with Gasteiger partial charge in [-0.1, -0.05) is 18.6 Å². The molecule has 2 fully saturated rings. The Kier molecular flexibility index (Phi) is 3.27. The Hall–Kier alpha value is -1.06. The molecule has 1 N–H and O–H groups in total. The van der Waals surface area contributed by atoms with E-state index < -0.39 is 5.60 Å². The van der Waals surface area contributed by atoms with E-state index in [1.165, 1.54) is 25.8 Å². The van der Waals surface area contributed by atoms with Crippen molar-refractivity contribution in [3.05, 3.63) is 29.8 Å². The molecule has 19 heavy (non-hydrogen) atoms. The molecule has 1 saturated carbocycles. The minimum Gasteiger partial charge on any atom is -0.492 e. The summed E-state index contributed by atoms with van der Waals surface area (Å²) in [5.74, 6) is 0.897. The van der Waals surface area contributed by atoms with E-state index in [2.05, 4.69) is 4.90 Å². The number of nitrogens with zero attached hydrogens (tertiary/aromatic N) is 1. The van der Waals surface area contributed by atoms with Crippen LogP contribution >= 0.6 is 0 Å². The molecule has 0 bridgehead atoms. The van der Waals surface area contributed by atoms with Gasteiger partial charge in [0, 0.05) is 12.6 Å². The fourth-order valence-corrected chi connectivity index (χ4v) is 2.66. The van der Waals surface area contributed by atoms with Gasteiger partial charge in [0.25, 0.3) is 0 Å². The Morgan fingerprint density at radius 1 is 1.26 bits per heavy atom. The fourth-order valence-electron chi connectivity index (χ4n) is 2.66. The van der Waals surface area contributed by atoms with Crippen molar-refractivity contribution in [1.29, 1.82) is 0 Å². The SMILES string of the molecule is CC(C)(O)c1ccc(OCC2CN2C2CCC2)cc1. The first-order valence-corrected chi connectivity index (χ1v) is 7.25. The number of hydrogen-bond acceptors (Lipinski definition) is 3. The topological polar surface area (TPSA) is 32.5 Å². The highest BCUT2D eigenvalue weighted by Crippen LogP contribution is 2.33. The van der Waals surface area contributed by atoms with Crippen molar-refractivity contribution < 1.29 is 9.84 Å². The largest absolute Gasteiger partial charge is 0.492 e. The van der Waals surface area contributed by atoms with E-state index in [0.717, 1.165) is 24.0 Å². The lowest BCUT2D eigenvalue weighted by Crippen LogP contribution is -2.29. The van der Waals surface area contributed by atoms with Gasteiger partial charge in [-0.3, -0.25) is 4.90 Å². The highest BCUT2D eigenvalue weighted by molar-refractivity contribution is 5.30. The Balaban J connectivity index is 1.48. The Labute approximate surface area is 115 Å². The van der Waals surface area contributed by atoms with Crippen molar-refractivity contribution in [3.63, 3.8) is 0 Å². The highest BCUT2D eigenvalue weighted by Gasteiger charge is 2.42. The van der Waals surface area contributed by atoms with E-state index in [1.807, 2.05) is 24.3 Å². The van der Waals surface area contributed by atoms with Crippen molar-refractivity contribution in [2.24, 2.45) is 0 Å². The van der Waals surface area contributed by atoms with Crippen molar-refractivity contribution in [1.82, 2.24) is 4.90 Å². The van der Waals surface area contributed by atoms with Crippen LogP contribution in [0.25, 0.3) is 0 Å². The number of ether oxygens (including phenoxy) is 1. The summed E-state index contributed by atoms with van der Waals surface area (Å²) in [5, 5.41) is 9.89. The zero-order chi connectivity index (χ0) is 13.5. The first kappa shape index (κ1) is 12.9. The summed E-state index contributed by atoms with van der Waals surface area (Å²) in [6.07, 6.45) is 4.14. The second-order valence-electron chi connectivity index (χ2n) is 6.33. The molecule has 1 saturated heterocycles. The minimum atomic E-state index is -0.782. The lowest BCUT2D eigenvalue weighted by Gasteiger charge is -2.27. The lowest BCUT2D eigenvalue weighted by atomic mass is 9.93. The van der Waals surface area contributed by atoms with Gasteiger partial charge in [0.05, 0.1) is 11.6 Å². The van der Waals surface area contributed by atoms with Crippen LogP contribution in [-0.4, -0.2) is 35.2 Å². The molecule has 1 aromatic carbocycles. The van der Waals surface area contributed by atoms with Crippen molar-refractivity contribution in [2.75, 3.05) is 13.2 Å². The van der Waals surface area contributed by atoms with Crippen LogP contribution in [0.15, 0.2) is 24.3 Å². The van der Waals surface area contributed by atoms with Crippen LogP contribution in [0.2, 0.25) is 0 Å². The van der Waals surface area contributed by atoms with Crippen molar-refractivity contribution in [3.8, 4) is 5.75 Å². The molecule has 0 spiro atoms. The van der Waals surface area contributed by atoms with Crippen LogP contribution in [-0.2, 0) is 5.60 Å². The van der Waals surface area contributed by atoms with Gasteiger partial charge in [-0.25, -0.2) is 0 Å². The van der Waals surface area contributed by atoms with Gasteiger partial charge >= 0.3 is 0 Å². The molecular weight excluding hydrogens is 238 g/mol. The highest BCUT2D eigenvalue weighted by atomic mass is 16.5. The standard InChI is InChI=1S/C16H23NO2/c1-16(2,18)12-6-8-15(9-7-12)19-11-14-10-17(14)13-4-3-5-13/h6-9,13-14,18H,3-5,10-11H2,1-2H3. The van der Waals surface area contributed by atoms with Crippen LogP contribution in [0.1, 0.15) is 38.7 Å². The van der Waals surface area contributed by atoms with Gasteiger partial charge in [0.15, 0.2) is 0 Å². The average molecular weight is 261 g/mol. The first-order chi connectivity index (χ1) is 9.04. The molecule has 3 rings (SSSR count). The molecule has 1 aromatic rings. The van der Waals surface area contributed by atoms with E-state index >= 15 is 0 Å². The second kappa shape index (κ2) is 4.80. The molecule has 1 aliphatic heterocycles. The molecule has 1 aliphatic carbocycles. The molecule has 2 atom stereocenters. The molecule has 0 amide bonds. The Morgan fingerprint density at radius 2 is 1.95 bits per heavy atom. The third kappa shape index (κ3) is 2.93.